The summed E-state index contributed by atoms with van der Waals surface area (Å²) in [7, 11) is 0. The van der Waals surface area contributed by atoms with E-state index < -0.39 is 12.7 Å². The van der Waals surface area contributed by atoms with Crippen LogP contribution in [0.25, 0.3) is 0 Å². The van der Waals surface area contributed by atoms with Gasteiger partial charge in [0.2, 0.25) is 0 Å². The Morgan fingerprint density at radius 2 is 2.00 bits per heavy atom. The van der Waals surface area contributed by atoms with Crippen LogP contribution in [0.4, 0.5) is 13.2 Å². The molecule has 10 heavy (non-hydrogen) atoms. The Kier molecular flexibility index (Phi) is 3.35. The van der Waals surface area contributed by atoms with E-state index in [1.807, 2.05) is 5.32 Å². The summed E-state index contributed by atoms with van der Waals surface area (Å²) in [6, 6.07) is 0. The molecule has 0 amide bonds. The highest BCUT2D eigenvalue weighted by Crippen LogP contribution is 2.11. The maximum absolute atomic E-state index is 11.3. The molecule has 0 spiro atoms. The van der Waals surface area contributed by atoms with Gasteiger partial charge in [-0.2, -0.15) is 13.2 Å². The lowest BCUT2D eigenvalue weighted by Crippen LogP contribution is -2.31. The van der Waals surface area contributed by atoms with E-state index in [9.17, 15) is 18.0 Å². The highest BCUT2D eigenvalue weighted by Gasteiger charge is 2.26. The second kappa shape index (κ2) is 3.55. The molecular formula is C5H8F3NO. The van der Waals surface area contributed by atoms with Gasteiger partial charge in [-0.25, -0.2) is 0 Å². The first kappa shape index (κ1) is 9.42. The Labute approximate surface area is 56.4 Å². The summed E-state index contributed by atoms with van der Waals surface area (Å²) in [5, 5.41) is 1.95. The topological polar surface area (TPSA) is 29.1 Å². The Balaban J connectivity index is 3.29. The van der Waals surface area contributed by atoms with E-state index in [0.717, 1.165) is 0 Å². The summed E-state index contributed by atoms with van der Waals surface area (Å²) in [5.74, 6) is -0.302. The van der Waals surface area contributed by atoms with Crippen molar-refractivity contribution >= 4 is 5.78 Å². The Morgan fingerprint density at radius 3 is 2.30 bits per heavy atom. The fourth-order valence-electron chi connectivity index (χ4n) is 0.380. The third-order valence-corrected chi connectivity index (χ3v) is 0.699. The van der Waals surface area contributed by atoms with Crippen molar-refractivity contribution in [2.45, 2.75) is 13.1 Å². The fraction of sp³-hybridized carbons (Fsp3) is 0.800. The number of alkyl halides is 3. The van der Waals surface area contributed by atoms with Crippen LogP contribution < -0.4 is 5.32 Å². The average molecular weight is 155 g/mol. The van der Waals surface area contributed by atoms with Crippen molar-refractivity contribution in [1.82, 2.24) is 5.32 Å². The lowest BCUT2D eigenvalue weighted by molar-refractivity contribution is -0.127. The largest absolute Gasteiger partial charge is 0.401 e. The molecule has 0 heterocycles. The average Bonchev–Trinajstić information content (AvgIpc) is 1.59. The monoisotopic (exact) mass is 155 g/mol. The van der Waals surface area contributed by atoms with E-state index in [1.54, 1.807) is 0 Å². The zero-order valence-electron chi connectivity index (χ0n) is 5.46. The van der Waals surface area contributed by atoms with Gasteiger partial charge in [0, 0.05) is 0 Å². The van der Waals surface area contributed by atoms with Crippen LogP contribution in [-0.2, 0) is 4.79 Å². The molecule has 0 atom stereocenters. The molecule has 0 rings (SSSR count). The highest BCUT2D eigenvalue weighted by molar-refractivity contribution is 5.77. The number of rotatable bonds is 3. The summed E-state index contributed by atoms with van der Waals surface area (Å²) in [4.78, 5) is 10.1. The number of nitrogens with one attached hydrogen (secondary N) is 1. The molecule has 2 nitrogen and oxygen atoms in total. The SMILES string of the molecule is CC(=O)CNCC(F)(F)F. The fourth-order valence-corrected chi connectivity index (χ4v) is 0.380. The molecule has 0 aromatic rings. The zero-order valence-corrected chi connectivity index (χ0v) is 5.46. The maximum Gasteiger partial charge on any atom is 0.401 e. The van der Waals surface area contributed by atoms with Gasteiger partial charge in [-0.1, -0.05) is 0 Å². The number of ketones is 1. The van der Waals surface area contributed by atoms with Gasteiger partial charge < -0.3 is 5.32 Å². The van der Waals surface area contributed by atoms with Crippen molar-refractivity contribution in [2.75, 3.05) is 13.1 Å². The molecule has 0 aliphatic rings. The minimum absolute atomic E-state index is 0.223. The van der Waals surface area contributed by atoms with Crippen molar-refractivity contribution in [3.63, 3.8) is 0 Å². The predicted octanol–water partition coefficient (Wildman–Crippen LogP) is 0.727. The predicted molar refractivity (Wildman–Crippen MR) is 29.6 cm³/mol. The molecule has 5 heteroatoms. The number of carbonyl (C=O) groups is 1. The lowest BCUT2D eigenvalue weighted by atomic mass is 10.4. The molecule has 60 valence electrons. The van der Waals surface area contributed by atoms with E-state index >= 15 is 0 Å². The zero-order chi connectivity index (χ0) is 8.20. The van der Waals surface area contributed by atoms with Crippen LogP contribution >= 0.6 is 0 Å². The van der Waals surface area contributed by atoms with Gasteiger partial charge in [-0.05, 0) is 6.92 Å². The molecule has 0 saturated heterocycles. The van der Waals surface area contributed by atoms with Crippen molar-refractivity contribution in [3.8, 4) is 0 Å². The molecule has 0 bridgehead atoms. The normalized spacial score (nSPS) is 11.6. The molecule has 0 fully saturated rings. The number of Topliss-reactive ketones (excluding diaryl/α,β-unsaturated/α-hetero) is 1. The van der Waals surface area contributed by atoms with Gasteiger partial charge in [0.1, 0.15) is 5.78 Å². The maximum atomic E-state index is 11.3. The molecule has 0 aromatic heterocycles. The first-order chi connectivity index (χ1) is 4.42. The first-order valence-electron chi connectivity index (χ1n) is 2.69. The molecule has 0 radical (unpaired) electrons. The lowest BCUT2D eigenvalue weighted by Gasteiger charge is -2.05. The van der Waals surface area contributed by atoms with Gasteiger partial charge in [0.15, 0.2) is 0 Å². The second-order valence-electron chi connectivity index (χ2n) is 1.92. The number of hydrogen-bond donors (Lipinski definition) is 1. The quantitative estimate of drug-likeness (QED) is 0.650. The van der Waals surface area contributed by atoms with Crippen LogP contribution in [0.3, 0.4) is 0 Å². The van der Waals surface area contributed by atoms with Gasteiger partial charge in [0.25, 0.3) is 0 Å². The molecule has 0 aromatic carbocycles. The van der Waals surface area contributed by atoms with E-state index in [0.29, 0.717) is 0 Å². The van der Waals surface area contributed by atoms with Crippen LogP contribution in [-0.4, -0.2) is 25.0 Å². The number of hydrogen-bond acceptors (Lipinski definition) is 2. The van der Waals surface area contributed by atoms with Crippen molar-refractivity contribution in [2.24, 2.45) is 0 Å². The smallest absolute Gasteiger partial charge is 0.302 e. The molecule has 0 aliphatic carbocycles. The van der Waals surface area contributed by atoms with Gasteiger partial charge >= 0.3 is 6.18 Å². The van der Waals surface area contributed by atoms with E-state index in [-0.39, 0.29) is 12.3 Å². The number of carbonyl (C=O) groups excluding carboxylic acids is 1. The van der Waals surface area contributed by atoms with Crippen molar-refractivity contribution < 1.29 is 18.0 Å². The summed E-state index contributed by atoms with van der Waals surface area (Å²) >= 11 is 0. The third-order valence-electron chi connectivity index (χ3n) is 0.699. The number of halogens is 3. The highest BCUT2D eigenvalue weighted by atomic mass is 19.4. The summed E-state index contributed by atoms with van der Waals surface area (Å²) < 4.78 is 34.0. The summed E-state index contributed by atoms with van der Waals surface area (Å²) in [5.41, 5.74) is 0. The van der Waals surface area contributed by atoms with Gasteiger partial charge in [0.05, 0.1) is 13.1 Å². The molecule has 0 aliphatic heterocycles. The van der Waals surface area contributed by atoms with E-state index in [4.69, 9.17) is 0 Å². The second-order valence-corrected chi connectivity index (χ2v) is 1.92. The van der Waals surface area contributed by atoms with Crippen molar-refractivity contribution in [1.29, 1.82) is 0 Å². The van der Waals surface area contributed by atoms with Gasteiger partial charge in [-0.15, -0.1) is 0 Å². The Morgan fingerprint density at radius 1 is 1.50 bits per heavy atom. The third kappa shape index (κ3) is 7.42. The van der Waals surface area contributed by atoms with Crippen LogP contribution in [0.2, 0.25) is 0 Å². The van der Waals surface area contributed by atoms with Crippen LogP contribution in [0.15, 0.2) is 0 Å². The Bertz CT molecular complexity index is 121. The first-order valence-corrected chi connectivity index (χ1v) is 2.69. The van der Waals surface area contributed by atoms with Crippen LogP contribution in [0.5, 0.6) is 0 Å². The van der Waals surface area contributed by atoms with Crippen LogP contribution in [0, 0.1) is 0 Å². The summed E-state index contributed by atoms with van der Waals surface area (Å²) in [6.45, 7) is -0.102. The molecule has 1 N–H and O–H groups in total. The van der Waals surface area contributed by atoms with Crippen LogP contribution in [0.1, 0.15) is 6.92 Å². The minimum Gasteiger partial charge on any atom is -0.302 e. The summed E-state index contributed by atoms with van der Waals surface area (Å²) in [6.07, 6.45) is -4.23. The Hall–Kier alpha value is -0.580. The van der Waals surface area contributed by atoms with Crippen molar-refractivity contribution in [3.05, 3.63) is 0 Å². The standard InChI is InChI=1S/C5H8F3NO/c1-4(10)2-9-3-5(6,7)8/h9H,2-3H2,1H3. The molecular weight excluding hydrogens is 147 g/mol. The van der Waals surface area contributed by atoms with E-state index in [1.165, 1.54) is 6.92 Å². The molecule has 0 saturated carbocycles. The molecule has 0 unspecified atom stereocenters. The van der Waals surface area contributed by atoms with E-state index in [2.05, 4.69) is 0 Å². The van der Waals surface area contributed by atoms with Gasteiger partial charge in [-0.3, -0.25) is 4.79 Å². The minimum atomic E-state index is -4.23.